The van der Waals surface area contributed by atoms with Crippen LogP contribution in [0.2, 0.25) is 0 Å². The lowest BCUT2D eigenvalue weighted by atomic mass is 10.1. The lowest BCUT2D eigenvalue weighted by Crippen LogP contribution is -2.07. The van der Waals surface area contributed by atoms with Crippen molar-refractivity contribution in [1.29, 1.82) is 0 Å². The van der Waals surface area contributed by atoms with Crippen LogP contribution in [0.1, 0.15) is 16.1 Å². The van der Waals surface area contributed by atoms with Gasteiger partial charge in [0.1, 0.15) is 0 Å². The fourth-order valence-corrected chi connectivity index (χ4v) is 1.20. The third kappa shape index (κ3) is 1.88. The summed E-state index contributed by atoms with van der Waals surface area (Å²) in [4.78, 5) is 18.8. The van der Waals surface area contributed by atoms with E-state index in [-0.39, 0.29) is 5.69 Å². The molecule has 2 aromatic rings. The molecular formula is C11H7FN2O. The Bertz CT molecular complexity index is 485. The van der Waals surface area contributed by atoms with Crippen molar-refractivity contribution in [2.75, 3.05) is 0 Å². The summed E-state index contributed by atoms with van der Waals surface area (Å²) >= 11 is 0. The van der Waals surface area contributed by atoms with Crippen molar-refractivity contribution < 1.29 is 9.18 Å². The Morgan fingerprint density at radius 1 is 1.07 bits per heavy atom. The van der Waals surface area contributed by atoms with Crippen molar-refractivity contribution in [2.45, 2.75) is 0 Å². The van der Waals surface area contributed by atoms with Crippen LogP contribution >= 0.6 is 0 Å². The summed E-state index contributed by atoms with van der Waals surface area (Å²) in [5.41, 5.74) is 0.153. The second-order valence-corrected chi connectivity index (χ2v) is 2.89. The summed E-state index contributed by atoms with van der Waals surface area (Å²) in [6.45, 7) is 0. The minimum absolute atomic E-state index is 0.247. The molecular weight excluding hydrogens is 195 g/mol. The van der Waals surface area contributed by atoms with Crippen molar-refractivity contribution in [3.63, 3.8) is 0 Å². The van der Waals surface area contributed by atoms with Crippen LogP contribution in [0, 0.1) is 5.95 Å². The van der Waals surface area contributed by atoms with Crippen molar-refractivity contribution in [3.05, 3.63) is 59.9 Å². The number of ketones is 1. The first-order chi connectivity index (χ1) is 7.29. The van der Waals surface area contributed by atoms with Crippen LogP contribution in [-0.4, -0.2) is 15.8 Å². The molecule has 0 fully saturated rings. The molecule has 2 rings (SSSR count). The van der Waals surface area contributed by atoms with Crippen LogP contribution in [0.15, 0.2) is 42.7 Å². The average molecular weight is 202 g/mol. The monoisotopic (exact) mass is 202 g/mol. The van der Waals surface area contributed by atoms with Crippen LogP contribution in [0.4, 0.5) is 4.39 Å². The van der Waals surface area contributed by atoms with E-state index < -0.39 is 11.7 Å². The second kappa shape index (κ2) is 3.96. The molecule has 0 saturated heterocycles. The van der Waals surface area contributed by atoms with Gasteiger partial charge in [-0.2, -0.15) is 4.39 Å². The molecule has 0 atom stereocenters. The summed E-state index contributed by atoms with van der Waals surface area (Å²) in [5, 5.41) is 0. The molecule has 0 aliphatic rings. The molecule has 0 amide bonds. The van der Waals surface area contributed by atoms with Gasteiger partial charge in [0.05, 0.1) is 0 Å². The largest absolute Gasteiger partial charge is 0.287 e. The SMILES string of the molecule is O=C(c1ccccc1)c1nccnc1F. The van der Waals surface area contributed by atoms with E-state index in [9.17, 15) is 9.18 Å². The Balaban J connectivity index is 2.42. The number of carbonyl (C=O) groups excluding carboxylic acids is 1. The van der Waals surface area contributed by atoms with Gasteiger partial charge < -0.3 is 0 Å². The number of hydrogen-bond donors (Lipinski definition) is 0. The van der Waals surface area contributed by atoms with Crippen molar-refractivity contribution in [2.24, 2.45) is 0 Å². The smallest absolute Gasteiger partial charge is 0.242 e. The fourth-order valence-electron chi connectivity index (χ4n) is 1.20. The predicted octanol–water partition coefficient (Wildman–Crippen LogP) is 1.85. The van der Waals surface area contributed by atoms with E-state index in [1.807, 2.05) is 0 Å². The Morgan fingerprint density at radius 3 is 2.40 bits per heavy atom. The summed E-state index contributed by atoms with van der Waals surface area (Å²) in [6, 6.07) is 8.42. The Morgan fingerprint density at radius 2 is 1.73 bits per heavy atom. The molecule has 1 aromatic carbocycles. The minimum atomic E-state index is -0.841. The molecule has 74 valence electrons. The number of hydrogen-bond acceptors (Lipinski definition) is 3. The van der Waals surface area contributed by atoms with Crippen LogP contribution in [0.3, 0.4) is 0 Å². The van der Waals surface area contributed by atoms with Gasteiger partial charge in [0.15, 0.2) is 5.69 Å². The van der Waals surface area contributed by atoms with Crippen molar-refractivity contribution in [1.82, 2.24) is 9.97 Å². The second-order valence-electron chi connectivity index (χ2n) is 2.89. The van der Waals surface area contributed by atoms with Gasteiger partial charge >= 0.3 is 0 Å². The van der Waals surface area contributed by atoms with Gasteiger partial charge in [-0.3, -0.25) is 4.79 Å². The molecule has 0 saturated carbocycles. The highest BCUT2D eigenvalue weighted by Gasteiger charge is 2.15. The van der Waals surface area contributed by atoms with Gasteiger partial charge in [0, 0.05) is 18.0 Å². The zero-order valence-corrected chi connectivity index (χ0v) is 7.72. The van der Waals surface area contributed by atoms with Gasteiger partial charge in [-0.15, -0.1) is 0 Å². The molecule has 0 radical (unpaired) electrons. The highest BCUT2D eigenvalue weighted by molar-refractivity contribution is 6.07. The van der Waals surface area contributed by atoms with E-state index in [0.717, 1.165) is 0 Å². The molecule has 0 spiro atoms. The van der Waals surface area contributed by atoms with Crippen LogP contribution in [-0.2, 0) is 0 Å². The lowest BCUT2D eigenvalue weighted by molar-refractivity contribution is 0.102. The maximum absolute atomic E-state index is 13.1. The van der Waals surface area contributed by atoms with Gasteiger partial charge in [0.25, 0.3) is 0 Å². The molecule has 0 aliphatic carbocycles. The Labute approximate surface area is 85.6 Å². The number of aromatic nitrogens is 2. The minimum Gasteiger partial charge on any atom is -0.287 e. The average Bonchev–Trinajstić information content (AvgIpc) is 2.30. The highest BCUT2D eigenvalue weighted by Crippen LogP contribution is 2.08. The topological polar surface area (TPSA) is 42.9 Å². The Kier molecular flexibility index (Phi) is 2.49. The molecule has 3 nitrogen and oxygen atoms in total. The number of rotatable bonds is 2. The van der Waals surface area contributed by atoms with E-state index in [1.165, 1.54) is 12.4 Å². The van der Waals surface area contributed by atoms with E-state index in [2.05, 4.69) is 9.97 Å². The molecule has 0 N–H and O–H groups in total. The first-order valence-electron chi connectivity index (χ1n) is 4.35. The fraction of sp³-hybridized carbons (Fsp3) is 0. The first kappa shape index (κ1) is 9.45. The Hall–Kier alpha value is -2.10. The summed E-state index contributed by atoms with van der Waals surface area (Å²) < 4.78 is 13.1. The third-order valence-electron chi connectivity index (χ3n) is 1.90. The van der Waals surface area contributed by atoms with E-state index in [0.29, 0.717) is 5.56 Å². The van der Waals surface area contributed by atoms with Gasteiger partial charge in [-0.05, 0) is 0 Å². The molecule has 1 aromatic heterocycles. The van der Waals surface area contributed by atoms with Gasteiger partial charge in [-0.25, -0.2) is 9.97 Å². The molecule has 0 unspecified atom stereocenters. The number of halogens is 1. The maximum atomic E-state index is 13.1. The number of carbonyl (C=O) groups is 1. The van der Waals surface area contributed by atoms with E-state index in [4.69, 9.17) is 0 Å². The number of benzene rings is 1. The van der Waals surface area contributed by atoms with E-state index in [1.54, 1.807) is 30.3 Å². The van der Waals surface area contributed by atoms with Gasteiger partial charge in [-0.1, -0.05) is 30.3 Å². The van der Waals surface area contributed by atoms with E-state index >= 15 is 0 Å². The first-order valence-corrected chi connectivity index (χ1v) is 4.35. The maximum Gasteiger partial charge on any atom is 0.242 e. The highest BCUT2D eigenvalue weighted by atomic mass is 19.1. The predicted molar refractivity (Wildman–Crippen MR) is 51.9 cm³/mol. The molecule has 15 heavy (non-hydrogen) atoms. The molecule has 4 heteroatoms. The van der Waals surface area contributed by atoms with Crippen LogP contribution in [0.25, 0.3) is 0 Å². The van der Waals surface area contributed by atoms with Crippen LogP contribution < -0.4 is 0 Å². The molecule has 1 heterocycles. The normalized spacial score (nSPS) is 9.93. The molecule has 0 aliphatic heterocycles. The summed E-state index contributed by atoms with van der Waals surface area (Å²) in [7, 11) is 0. The molecule has 0 bridgehead atoms. The summed E-state index contributed by atoms with van der Waals surface area (Å²) in [6.07, 6.45) is 2.50. The van der Waals surface area contributed by atoms with Gasteiger partial charge in [0.2, 0.25) is 11.7 Å². The number of nitrogens with zero attached hydrogens (tertiary/aromatic N) is 2. The lowest BCUT2D eigenvalue weighted by Gasteiger charge is -1.99. The zero-order chi connectivity index (χ0) is 10.7. The van der Waals surface area contributed by atoms with Crippen molar-refractivity contribution >= 4 is 5.78 Å². The third-order valence-corrected chi connectivity index (χ3v) is 1.90. The van der Waals surface area contributed by atoms with Crippen molar-refractivity contribution in [3.8, 4) is 0 Å². The van der Waals surface area contributed by atoms with Crippen LogP contribution in [0.5, 0.6) is 0 Å². The standard InChI is InChI=1S/C11H7FN2O/c12-11-9(13-6-7-14-11)10(15)8-4-2-1-3-5-8/h1-7H. The zero-order valence-electron chi connectivity index (χ0n) is 7.72. The summed E-state index contributed by atoms with van der Waals surface area (Å²) in [5.74, 6) is -1.30. The quantitative estimate of drug-likeness (QED) is 0.698.